The molecule has 5 nitrogen and oxygen atoms in total. The molecule has 2 aliphatic heterocycles. The maximum absolute atomic E-state index is 8.81. The third-order valence-corrected chi connectivity index (χ3v) is 2.37. The fraction of sp³-hybridized carbons (Fsp3) is 1.00. The molecule has 1 N–H and O–H groups in total. The van der Waals surface area contributed by atoms with Gasteiger partial charge in [-0.3, -0.25) is 0 Å². The van der Waals surface area contributed by atoms with E-state index in [4.69, 9.17) is 24.1 Å². The molecule has 0 spiro atoms. The summed E-state index contributed by atoms with van der Waals surface area (Å²) in [6.45, 7) is 4.58. The molecular formula is C9H16O5. The third kappa shape index (κ3) is 2.07. The van der Waals surface area contributed by atoms with Crippen molar-refractivity contribution in [3.05, 3.63) is 0 Å². The van der Waals surface area contributed by atoms with Gasteiger partial charge in [-0.15, -0.1) is 0 Å². The summed E-state index contributed by atoms with van der Waals surface area (Å²) >= 11 is 0. The maximum Gasteiger partial charge on any atom is 0.181 e. The van der Waals surface area contributed by atoms with Crippen molar-refractivity contribution < 1.29 is 24.1 Å². The molecule has 0 amide bonds. The van der Waals surface area contributed by atoms with Crippen LogP contribution in [0.3, 0.4) is 0 Å². The minimum absolute atomic E-state index is 0.0958. The Morgan fingerprint density at radius 1 is 1.29 bits per heavy atom. The van der Waals surface area contributed by atoms with Gasteiger partial charge in [-0.1, -0.05) is 0 Å². The van der Waals surface area contributed by atoms with Gasteiger partial charge in [0.05, 0.1) is 19.8 Å². The van der Waals surface area contributed by atoms with Gasteiger partial charge in [-0.05, 0) is 13.8 Å². The molecule has 2 saturated heterocycles. The highest BCUT2D eigenvalue weighted by Crippen LogP contribution is 2.28. The lowest BCUT2D eigenvalue weighted by Crippen LogP contribution is -2.33. The summed E-state index contributed by atoms with van der Waals surface area (Å²) in [6.07, 6.45) is -0.734. The minimum atomic E-state index is -0.536. The molecule has 0 radical (unpaired) electrons. The molecule has 0 aromatic carbocycles. The Kier molecular flexibility index (Phi) is 2.77. The van der Waals surface area contributed by atoms with E-state index in [9.17, 15) is 0 Å². The number of aliphatic hydroxyl groups excluding tert-OH is 1. The van der Waals surface area contributed by atoms with Gasteiger partial charge in [0.1, 0.15) is 12.2 Å². The van der Waals surface area contributed by atoms with Crippen molar-refractivity contribution in [3.63, 3.8) is 0 Å². The van der Waals surface area contributed by atoms with Crippen molar-refractivity contribution in [2.24, 2.45) is 0 Å². The average molecular weight is 204 g/mol. The van der Waals surface area contributed by atoms with E-state index in [2.05, 4.69) is 0 Å². The van der Waals surface area contributed by atoms with Crippen LogP contribution >= 0.6 is 0 Å². The molecule has 3 atom stereocenters. The van der Waals surface area contributed by atoms with Crippen LogP contribution in [0.4, 0.5) is 0 Å². The number of hydrogen-bond donors (Lipinski definition) is 1. The van der Waals surface area contributed by atoms with Crippen molar-refractivity contribution in [1.29, 1.82) is 0 Å². The highest BCUT2D eigenvalue weighted by molar-refractivity contribution is 4.81. The zero-order valence-electron chi connectivity index (χ0n) is 8.43. The normalized spacial score (nSPS) is 41.8. The molecule has 2 aliphatic rings. The van der Waals surface area contributed by atoms with Gasteiger partial charge in [-0.25, -0.2) is 0 Å². The summed E-state index contributed by atoms with van der Waals surface area (Å²) in [5, 5.41) is 8.81. The number of rotatable bonds is 2. The monoisotopic (exact) mass is 204 g/mol. The molecule has 0 bridgehead atoms. The van der Waals surface area contributed by atoms with E-state index in [1.165, 1.54) is 0 Å². The van der Waals surface area contributed by atoms with E-state index in [-0.39, 0.29) is 18.8 Å². The molecule has 0 aromatic rings. The van der Waals surface area contributed by atoms with E-state index in [1.807, 2.05) is 13.8 Å². The zero-order valence-corrected chi connectivity index (χ0v) is 8.43. The van der Waals surface area contributed by atoms with Crippen LogP contribution < -0.4 is 0 Å². The summed E-state index contributed by atoms with van der Waals surface area (Å²) < 4.78 is 21.6. The van der Waals surface area contributed by atoms with Crippen LogP contribution in [0, 0.1) is 0 Å². The Bertz CT molecular complexity index is 205. The van der Waals surface area contributed by atoms with Crippen molar-refractivity contribution in [1.82, 2.24) is 0 Å². The Hall–Kier alpha value is -0.200. The molecule has 2 rings (SSSR count). The quantitative estimate of drug-likeness (QED) is 0.679. The maximum atomic E-state index is 8.81. The van der Waals surface area contributed by atoms with Gasteiger partial charge in [0.2, 0.25) is 0 Å². The van der Waals surface area contributed by atoms with Gasteiger partial charge in [0.25, 0.3) is 0 Å². The van der Waals surface area contributed by atoms with Crippen LogP contribution in [0.2, 0.25) is 0 Å². The van der Waals surface area contributed by atoms with Gasteiger partial charge >= 0.3 is 0 Å². The molecule has 2 fully saturated rings. The van der Waals surface area contributed by atoms with E-state index in [1.54, 1.807) is 0 Å². The molecule has 82 valence electrons. The van der Waals surface area contributed by atoms with Crippen LogP contribution in [0.25, 0.3) is 0 Å². The minimum Gasteiger partial charge on any atom is -0.391 e. The number of ether oxygens (including phenoxy) is 4. The smallest absolute Gasteiger partial charge is 0.181 e. The standard InChI is InChI=1S/C9H16O5/c1-9(2)12-5-7(14-9)6-4-11-8(3-10)13-6/h6-8,10H,3-5H2,1-2H3/t6-,7-,8-/m0/s1. The highest BCUT2D eigenvalue weighted by atomic mass is 16.8. The molecule has 5 heteroatoms. The molecule has 0 aromatic heterocycles. The first-order valence-electron chi connectivity index (χ1n) is 4.80. The fourth-order valence-electron chi connectivity index (χ4n) is 1.67. The molecular weight excluding hydrogens is 188 g/mol. The third-order valence-electron chi connectivity index (χ3n) is 2.37. The lowest BCUT2D eigenvalue weighted by molar-refractivity contribution is -0.158. The summed E-state index contributed by atoms with van der Waals surface area (Å²) in [5.41, 5.74) is 0. The Morgan fingerprint density at radius 2 is 2.07 bits per heavy atom. The first kappa shape index (κ1) is 10.3. The van der Waals surface area contributed by atoms with Crippen LogP contribution in [0.5, 0.6) is 0 Å². The molecule has 0 unspecified atom stereocenters. The van der Waals surface area contributed by atoms with Crippen molar-refractivity contribution in [2.75, 3.05) is 19.8 Å². The fourth-order valence-corrected chi connectivity index (χ4v) is 1.67. The summed E-state index contributed by atoms with van der Waals surface area (Å²) in [5.74, 6) is -0.536. The Balaban J connectivity index is 1.86. The Labute approximate surface area is 82.9 Å². The van der Waals surface area contributed by atoms with Crippen LogP contribution in [-0.2, 0) is 18.9 Å². The summed E-state index contributed by atoms with van der Waals surface area (Å²) in [7, 11) is 0. The second-order valence-corrected chi connectivity index (χ2v) is 3.99. The second kappa shape index (κ2) is 3.75. The predicted molar refractivity (Wildman–Crippen MR) is 46.6 cm³/mol. The molecule has 0 aliphatic carbocycles. The summed E-state index contributed by atoms with van der Waals surface area (Å²) in [4.78, 5) is 0. The highest BCUT2D eigenvalue weighted by Gasteiger charge is 2.41. The predicted octanol–water partition coefficient (Wildman–Crippen LogP) is -0.128. The SMILES string of the molecule is CC1(C)OC[C@@H]([C@@H]2CO[C@H](CO)O2)O1. The average Bonchev–Trinajstić information content (AvgIpc) is 2.70. The van der Waals surface area contributed by atoms with Crippen molar-refractivity contribution in [3.8, 4) is 0 Å². The lowest BCUT2D eigenvalue weighted by Gasteiger charge is -2.19. The first-order chi connectivity index (χ1) is 6.61. The van der Waals surface area contributed by atoms with Crippen LogP contribution in [-0.4, -0.2) is 49.2 Å². The van der Waals surface area contributed by atoms with E-state index in [0.29, 0.717) is 13.2 Å². The second-order valence-electron chi connectivity index (χ2n) is 3.99. The van der Waals surface area contributed by atoms with Crippen molar-refractivity contribution >= 4 is 0 Å². The van der Waals surface area contributed by atoms with E-state index in [0.717, 1.165) is 0 Å². The first-order valence-corrected chi connectivity index (χ1v) is 4.80. The topological polar surface area (TPSA) is 57.2 Å². The molecule has 0 saturated carbocycles. The van der Waals surface area contributed by atoms with Crippen molar-refractivity contribution in [2.45, 2.75) is 38.1 Å². The van der Waals surface area contributed by atoms with Crippen LogP contribution in [0.15, 0.2) is 0 Å². The van der Waals surface area contributed by atoms with Gasteiger partial charge in [0, 0.05) is 0 Å². The van der Waals surface area contributed by atoms with Gasteiger partial charge in [0.15, 0.2) is 12.1 Å². The van der Waals surface area contributed by atoms with Crippen LogP contribution in [0.1, 0.15) is 13.8 Å². The molecule has 2 heterocycles. The summed E-state index contributed by atoms with van der Waals surface area (Å²) in [6, 6.07) is 0. The van der Waals surface area contributed by atoms with Gasteiger partial charge < -0.3 is 24.1 Å². The van der Waals surface area contributed by atoms with Gasteiger partial charge in [-0.2, -0.15) is 0 Å². The number of hydrogen-bond acceptors (Lipinski definition) is 5. The van der Waals surface area contributed by atoms with E-state index < -0.39 is 12.1 Å². The zero-order chi connectivity index (χ0) is 10.2. The number of aliphatic hydroxyl groups is 1. The van der Waals surface area contributed by atoms with E-state index >= 15 is 0 Å². The molecule has 14 heavy (non-hydrogen) atoms. The lowest BCUT2D eigenvalue weighted by atomic mass is 10.2. The Morgan fingerprint density at radius 3 is 2.57 bits per heavy atom. The largest absolute Gasteiger partial charge is 0.391 e.